The molecule has 1 aliphatic rings. The average molecular weight is 418 g/mol. The van der Waals surface area contributed by atoms with Crippen LogP contribution >= 0.6 is 36.2 Å². The molecule has 0 spiro atoms. The Kier molecular flexibility index (Phi) is 10.1. The zero-order chi connectivity index (χ0) is 16.8. The summed E-state index contributed by atoms with van der Waals surface area (Å²) < 4.78 is 5.36. The van der Waals surface area contributed by atoms with Crippen LogP contribution in [0.1, 0.15) is 17.0 Å². The van der Waals surface area contributed by atoms with E-state index in [1.165, 1.54) is 5.56 Å². The van der Waals surface area contributed by atoms with Gasteiger partial charge in [-0.05, 0) is 18.9 Å². The number of morpholine rings is 1. The summed E-state index contributed by atoms with van der Waals surface area (Å²) in [4.78, 5) is 16.4. The Morgan fingerprint density at radius 3 is 2.73 bits per heavy atom. The van der Waals surface area contributed by atoms with Gasteiger partial charge in [0, 0.05) is 36.5 Å². The smallest absolute Gasteiger partial charge is 0.221 e. The number of amides is 1. The lowest BCUT2D eigenvalue weighted by atomic mass is 10.1. The van der Waals surface area contributed by atoms with Crippen molar-refractivity contribution in [2.24, 2.45) is 0 Å². The normalized spacial score (nSPS) is 16.3. The molecule has 0 bridgehead atoms. The number of carbonyl (C=O) groups excluding carboxylic acids is 1. The van der Waals surface area contributed by atoms with Crippen molar-refractivity contribution in [3.63, 3.8) is 0 Å². The summed E-state index contributed by atoms with van der Waals surface area (Å²) in [7, 11) is 0. The summed E-state index contributed by atoms with van der Waals surface area (Å²) in [5, 5.41) is 9.43. The van der Waals surface area contributed by atoms with Crippen LogP contribution in [0.5, 0.6) is 0 Å². The van der Waals surface area contributed by atoms with Gasteiger partial charge < -0.3 is 15.4 Å². The van der Waals surface area contributed by atoms with Gasteiger partial charge in [0.15, 0.2) is 0 Å². The molecule has 1 saturated heterocycles. The highest BCUT2D eigenvalue weighted by molar-refractivity contribution is 7.09. The number of hydrogen-bond donors (Lipinski definition) is 2. The molecule has 1 atom stereocenters. The molecule has 8 heteroatoms. The van der Waals surface area contributed by atoms with Gasteiger partial charge in [0.25, 0.3) is 0 Å². The second-order valence-electron chi connectivity index (χ2n) is 5.98. The summed E-state index contributed by atoms with van der Waals surface area (Å²) >= 11 is 1.66. The van der Waals surface area contributed by atoms with E-state index < -0.39 is 0 Å². The minimum Gasteiger partial charge on any atom is -0.378 e. The first-order valence-corrected chi connectivity index (χ1v) is 9.18. The van der Waals surface area contributed by atoms with Gasteiger partial charge >= 0.3 is 0 Å². The third kappa shape index (κ3) is 6.85. The Labute approximate surface area is 170 Å². The molecule has 5 nitrogen and oxygen atoms in total. The van der Waals surface area contributed by atoms with Crippen molar-refractivity contribution in [2.45, 2.75) is 25.8 Å². The first kappa shape index (κ1) is 22.9. The maximum Gasteiger partial charge on any atom is 0.221 e. The molecule has 0 saturated carbocycles. The Morgan fingerprint density at radius 2 is 2.12 bits per heavy atom. The second kappa shape index (κ2) is 11.5. The highest BCUT2D eigenvalue weighted by Crippen LogP contribution is 2.21. The second-order valence-corrected chi connectivity index (χ2v) is 7.04. The monoisotopic (exact) mass is 417 g/mol. The maximum absolute atomic E-state index is 11.9. The van der Waals surface area contributed by atoms with Gasteiger partial charge in [-0.3, -0.25) is 4.79 Å². The SMILES string of the molecule is Cc1nc(-c2ccc(CCNC(=O)CC3COCCN3)cc2)cs1.Cl.Cl. The number of halogens is 2. The lowest BCUT2D eigenvalue weighted by molar-refractivity contribution is -0.122. The van der Waals surface area contributed by atoms with E-state index in [-0.39, 0.29) is 36.8 Å². The van der Waals surface area contributed by atoms with Crippen molar-refractivity contribution in [1.82, 2.24) is 15.6 Å². The van der Waals surface area contributed by atoms with Crippen LogP contribution in [0.15, 0.2) is 29.6 Å². The van der Waals surface area contributed by atoms with Crippen molar-refractivity contribution in [3.05, 3.63) is 40.2 Å². The molecule has 1 aromatic carbocycles. The molecule has 0 aliphatic carbocycles. The molecule has 1 fully saturated rings. The van der Waals surface area contributed by atoms with E-state index in [1.54, 1.807) is 11.3 Å². The van der Waals surface area contributed by atoms with Crippen LogP contribution in [0, 0.1) is 6.92 Å². The number of hydrogen-bond acceptors (Lipinski definition) is 5. The summed E-state index contributed by atoms with van der Waals surface area (Å²) in [5.74, 6) is 0.0765. The first-order chi connectivity index (χ1) is 11.7. The van der Waals surface area contributed by atoms with Crippen LogP contribution < -0.4 is 10.6 Å². The molecule has 0 radical (unpaired) electrons. The Morgan fingerprint density at radius 1 is 1.35 bits per heavy atom. The Hall–Kier alpha value is -1.18. The van der Waals surface area contributed by atoms with Crippen molar-refractivity contribution in [2.75, 3.05) is 26.3 Å². The summed E-state index contributed by atoms with van der Waals surface area (Å²) in [6.07, 6.45) is 1.30. The average Bonchev–Trinajstić information content (AvgIpc) is 3.03. The van der Waals surface area contributed by atoms with E-state index in [0.29, 0.717) is 19.6 Å². The summed E-state index contributed by atoms with van der Waals surface area (Å²) in [5.41, 5.74) is 3.38. The van der Waals surface area contributed by atoms with E-state index in [0.717, 1.165) is 35.8 Å². The van der Waals surface area contributed by atoms with Crippen molar-refractivity contribution < 1.29 is 9.53 Å². The van der Waals surface area contributed by atoms with Gasteiger partial charge in [0.2, 0.25) is 5.91 Å². The minimum absolute atomic E-state index is 0. The third-order valence-corrected chi connectivity index (χ3v) is 4.81. The number of benzene rings is 1. The molecule has 2 aromatic rings. The van der Waals surface area contributed by atoms with Crippen LogP contribution in [0.4, 0.5) is 0 Å². The molecule has 3 rings (SSSR count). The number of aryl methyl sites for hydroxylation is 1. The molecule has 1 amide bonds. The predicted octanol–water partition coefficient (Wildman–Crippen LogP) is 3.00. The molecular weight excluding hydrogens is 393 g/mol. The lowest BCUT2D eigenvalue weighted by Crippen LogP contribution is -2.44. The van der Waals surface area contributed by atoms with Gasteiger partial charge in [0.05, 0.1) is 23.9 Å². The van der Waals surface area contributed by atoms with Crippen LogP contribution in [-0.4, -0.2) is 43.2 Å². The fourth-order valence-corrected chi connectivity index (χ4v) is 3.35. The van der Waals surface area contributed by atoms with Gasteiger partial charge in [-0.15, -0.1) is 36.2 Å². The zero-order valence-corrected chi connectivity index (χ0v) is 17.1. The van der Waals surface area contributed by atoms with E-state index >= 15 is 0 Å². The molecule has 2 N–H and O–H groups in total. The Bertz CT molecular complexity index is 673. The van der Waals surface area contributed by atoms with Crippen molar-refractivity contribution >= 4 is 42.1 Å². The van der Waals surface area contributed by atoms with Crippen molar-refractivity contribution in [1.29, 1.82) is 0 Å². The van der Waals surface area contributed by atoms with Crippen LogP contribution in [0.2, 0.25) is 0 Å². The van der Waals surface area contributed by atoms with E-state index in [1.807, 2.05) is 6.92 Å². The quantitative estimate of drug-likeness (QED) is 0.757. The number of rotatable bonds is 6. The van der Waals surface area contributed by atoms with E-state index in [9.17, 15) is 4.79 Å². The van der Waals surface area contributed by atoms with Crippen molar-refractivity contribution in [3.8, 4) is 11.3 Å². The van der Waals surface area contributed by atoms with Crippen LogP contribution in [-0.2, 0) is 16.0 Å². The standard InChI is InChI=1S/C18H23N3O2S.2ClH/c1-13-21-17(12-24-13)15-4-2-14(3-5-15)6-7-20-18(22)10-16-11-23-9-8-19-16;;/h2-5,12,16,19H,6-11H2,1H3,(H,20,22);2*1H. The van der Waals surface area contributed by atoms with Gasteiger partial charge in [0.1, 0.15) is 0 Å². The van der Waals surface area contributed by atoms with Gasteiger partial charge in [-0.25, -0.2) is 4.98 Å². The maximum atomic E-state index is 11.9. The molecule has 1 aliphatic heterocycles. The molecule has 144 valence electrons. The third-order valence-electron chi connectivity index (χ3n) is 4.03. The number of carbonyl (C=O) groups is 1. The predicted molar refractivity (Wildman–Crippen MR) is 111 cm³/mol. The highest BCUT2D eigenvalue weighted by atomic mass is 35.5. The summed E-state index contributed by atoms with van der Waals surface area (Å²) in [6, 6.07) is 8.53. The highest BCUT2D eigenvalue weighted by Gasteiger charge is 2.16. The number of aromatic nitrogens is 1. The largest absolute Gasteiger partial charge is 0.378 e. The number of nitrogens with one attached hydrogen (secondary N) is 2. The van der Waals surface area contributed by atoms with Crippen LogP contribution in [0.25, 0.3) is 11.3 Å². The van der Waals surface area contributed by atoms with E-state index in [4.69, 9.17) is 4.74 Å². The fraction of sp³-hybridized carbons (Fsp3) is 0.444. The number of nitrogens with zero attached hydrogens (tertiary/aromatic N) is 1. The molecule has 2 heterocycles. The zero-order valence-electron chi connectivity index (χ0n) is 14.7. The molecule has 1 unspecified atom stereocenters. The number of ether oxygens (including phenoxy) is 1. The first-order valence-electron chi connectivity index (χ1n) is 8.30. The number of thiazole rings is 1. The Balaban J connectivity index is 0.00000169. The summed E-state index contributed by atoms with van der Waals surface area (Å²) in [6.45, 7) is 4.84. The van der Waals surface area contributed by atoms with Gasteiger partial charge in [-0.2, -0.15) is 0 Å². The molecule has 1 aromatic heterocycles. The molecular formula is C18H25Cl2N3O2S. The molecule has 26 heavy (non-hydrogen) atoms. The van der Waals surface area contributed by atoms with Gasteiger partial charge in [-0.1, -0.05) is 24.3 Å². The topological polar surface area (TPSA) is 63.2 Å². The lowest BCUT2D eigenvalue weighted by Gasteiger charge is -2.23. The van der Waals surface area contributed by atoms with Crippen LogP contribution in [0.3, 0.4) is 0 Å². The fourth-order valence-electron chi connectivity index (χ4n) is 2.73. The minimum atomic E-state index is 0. The van der Waals surface area contributed by atoms with E-state index in [2.05, 4.69) is 45.3 Å².